The Balaban J connectivity index is 2.74. The van der Waals surface area contributed by atoms with E-state index in [0.29, 0.717) is 13.2 Å². The summed E-state index contributed by atoms with van der Waals surface area (Å²) in [6.07, 6.45) is -0.00548. The maximum atomic E-state index is 6.14. The molecule has 1 rings (SSSR count). The Morgan fingerprint density at radius 3 is 2.57 bits per heavy atom. The number of hydrogen-bond donors (Lipinski definition) is 1. The second-order valence-corrected chi connectivity index (χ2v) is 6.72. The van der Waals surface area contributed by atoms with Crippen LogP contribution in [-0.2, 0) is 9.47 Å². The number of halogens is 1. The van der Waals surface area contributed by atoms with Gasteiger partial charge in [0.05, 0.1) is 18.8 Å². The Hall–Kier alpha value is -0.610. The quantitative estimate of drug-likeness (QED) is 0.780. The van der Waals surface area contributed by atoms with Gasteiger partial charge >= 0.3 is 0 Å². The van der Waals surface area contributed by atoms with E-state index in [1.165, 1.54) is 0 Å². The molecule has 0 aromatic heterocycles. The van der Waals surface area contributed by atoms with Crippen molar-refractivity contribution in [2.75, 3.05) is 19.8 Å². The normalized spacial score (nSPS) is 15.0. The zero-order valence-electron chi connectivity index (χ0n) is 13.8. The number of hydrogen-bond acceptors (Lipinski definition) is 3. The summed E-state index contributed by atoms with van der Waals surface area (Å²) >= 11 is 6.10. The van der Waals surface area contributed by atoms with Crippen LogP contribution in [0.15, 0.2) is 24.3 Å². The Kier molecular flexibility index (Phi) is 7.67. The first kappa shape index (κ1) is 18.4. The standard InChI is InChI=1S/C17H28ClNO2/c1-6-20-12-13(2)21-16(11-19-17(3,4)5)14-8-7-9-15(18)10-14/h7-10,13,16,19H,6,11-12H2,1-5H3. The predicted molar refractivity (Wildman–Crippen MR) is 89.0 cm³/mol. The van der Waals surface area contributed by atoms with Gasteiger partial charge in [-0.25, -0.2) is 0 Å². The summed E-state index contributed by atoms with van der Waals surface area (Å²) in [6.45, 7) is 12.5. The van der Waals surface area contributed by atoms with Crippen molar-refractivity contribution in [3.8, 4) is 0 Å². The van der Waals surface area contributed by atoms with E-state index in [1.54, 1.807) is 0 Å². The van der Waals surface area contributed by atoms with Gasteiger partial charge in [0, 0.05) is 23.7 Å². The maximum absolute atomic E-state index is 6.14. The van der Waals surface area contributed by atoms with Gasteiger partial charge in [-0.2, -0.15) is 0 Å². The molecule has 0 radical (unpaired) electrons. The van der Waals surface area contributed by atoms with Crippen LogP contribution >= 0.6 is 11.6 Å². The van der Waals surface area contributed by atoms with Crippen molar-refractivity contribution >= 4 is 11.6 Å². The van der Waals surface area contributed by atoms with Crippen LogP contribution in [0.2, 0.25) is 5.02 Å². The Labute approximate surface area is 134 Å². The molecule has 0 spiro atoms. The minimum atomic E-state index is -0.0432. The van der Waals surface area contributed by atoms with Gasteiger partial charge in [-0.05, 0) is 52.3 Å². The van der Waals surface area contributed by atoms with Crippen LogP contribution in [0.1, 0.15) is 46.3 Å². The molecule has 0 amide bonds. The number of nitrogens with one attached hydrogen (secondary N) is 1. The second kappa shape index (κ2) is 8.74. The van der Waals surface area contributed by atoms with Gasteiger partial charge in [-0.3, -0.25) is 0 Å². The van der Waals surface area contributed by atoms with Crippen LogP contribution in [0.4, 0.5) is 0 Å². The minimum absolute atomic E-state index is 0.0377. The van der Waals surface area contributed by atoms with Crippen LogP contribution in [0.3, 0.4) is 0 Å². The lowest BCUT2D eigenvalue weighted by Gasteiger charge is -2.28. The van der Waals surface area contributed by atoms with E-state index >= 15 is 0 Å². The van der Waals surface area contributed by atoms with Gasteiger partial charge in [0.25, 0.3) is 0 Å². The molecule has 2 atom stereocenters. The topological polar surface area (TPSA) is 30.5 Å². The van der Waals surface area contributed by atoms with Crippen molar-refractivity contribution in [2.24, 2.45) is 0 Å². The van der Waals surface area contributed by atoms with Crippen LogP contribution in [0.25, 0.3) is 0 Å². The summed E-state index contributed by atoms with van der Waals surface area (Å²) < 4.78 is 11.6. The molecule has 0 bridgehead atoms. The molecule has 0 aliphatic rings. The molecular formula is C17H28ClNO2. The first-order valence-electron chi connectivity index (χ1n) is 7.55. The van der Waals surface area contributed by atoms with E-state index in [-0.39, 0.29) is 17.7 Å². The Morgan fingerprint density at radius 2 is 2.00 bits per heavy atom. The van der Waals surface area contributed by atoms with Gasteiger partial charge in [0.2, 0.25) is 0 Å². The van der Waals surface area contributed by atoms with Gasteiger partial charge < -0.3 is 14.8 Å². The van der Waals surface area contributed by atoms with Crippen molar-refractivity contribution in [3.63, 3.8) is 0 Å². The summed E-state index contributed by atoms with van der Waals surface area (Å²) in [7, 11) is 0. The lowest BCUT2D eigenvalue weighted by molar-refractivity contribution is -0.0486. The molecule has 4 heteroatoms. The fourth-order valence-electron chi connectivity index (χ4n) is 1.95. The van der Waals surface area contributed by atoms with E-state index in [0.717, 1.165) is 17.1 Å². The Bertz CT molecular complexity index is 417. The summed E-state index contributed by atoms with van der Waals surface area (Å²) in [4.78, 5) is 0. The zero-order chi connectivity index (χ0) is 15.9. The molecule has 0 saturated carbocycles. The highest BCUT2D eigenvalue weighted by Crippen LogP contribution is 2.22. The summed E-state index contributed by atoms with van der Waals surface area (Å²) in [5.41, 5.74) is 1.13. The molecule has 1 N–H and O–H groups in total. The average Bonchev–Trinajstić information content (AvgIpc) is 2.40. The highest BCUT2D eigenvalue weighted by molar-refractivity contribution is 6.30. The fourth-order valence-corrected chi connectivity index (χ4v) is 2.15. The molecule has 2 unspecified atom stereocenters. The average molecular weight is 314 g/mol. The molecule has 3 nitrogen and oxygen atoms in total. The lowest BCUT2D eigenvalue weighted by Crippen LogP contribution is -2.39. The van der Waals surface area contributed by atoms with E-state index in [9.17, 15) is 0 Å². The molecule has 0 heterocycles. The monoisotopic (exact) mass is 313 g/mol. The summed E-state index contributed by atoms with van der Waals surface area (Å²) in [5.74, 6) is 0. The molecule has 0 saturated heterocycles. The van der Waals surface area contributed by atoms with Gasteiger partial charge in [0.1, 0.15) is 0 Å². The molecular weight excluding hydrogens is 286 g/mol. The second-order valence-electron chi connectivity index (χ2n) is 6.28. The highest BCUT2D eigenvalue weighted by atomic mass is 35.5. The molecule has 21 heavy (non-hydrogen) atoms. The summed E-state index contributed by atoms with van der Waals surface area (Å²) in [5, 5.41) is 4.22. The van der Waals surface area contributed by atoms with E-state index in [2.05, 4.69) is 26.1 Å². The van der Waals surface area contributed by atoms with Crippen molar-refractivity contribution in [1.82, 2.24) is 5.32 Å². The van der Waals surface area contributed by atoms with Crippen LogP contribution in [0, 0.1) is 0 Å². The van der Waals surface area contributed by atoms with Crippen molar-refractivity contribution in [2.45, 2.75) is 52.4 Å². The molecule has 0 aliphatic heterocycles. The first-order valence-corrected chi connectivity index (χ1v) is 7.93. The predicted octanol–water partition coefficient (Wildman–Crippen LogP) is 4.21. The molecule has 0 aliphatic carbocycles. The lowest BCUT2D eigenvalue weighted by atomic mass is 10.1. The van der Waals surface area contributed by atoms with Crippen LogP contribution in [-0.4, -0.2) is 31.4 Å². The van der Waals surface area contributed by atoms with Gasteiger partial charge in [0.15, 0.2) is 0 Å². The van der Waals surface area contributed by atoms with E-state index in [4.69, 9.17) is 21.1 Å². The minimum Gasteiger partial charge on any atom is -0.379 e. The number of rotatable bonds is 8. The van der Waals surface area contributed by atoms with Crippen molar-refractivity contribution in [1.29, 1.82) is 0 Å². The van der Waals surface area contributed by atoms with E-state index in [1.807, 2.05) is 38.1 Å². The zero-order valence-corrected chi connectivity index (χ0v) is 14.5. The number of ether oxygens (including phenoxy) is 2. The SMILES string of the molecule is CCOCC(C)OC(CNC(C)(C)C)c1cccc(Cl)c1. The van der Waals surface area contributed by atoms with Crippen LogP contribution in [0.5, 0.6) is 0 Å². The summed E-state index contributed by atoms with van der Waals surface area (Å²) in [6, 6.07) is 7.85. The Morgan fingerprint density at radius 1 is 1.29 bits per heavy atom. The maximum Gasteiger partial charge on any atom is 0.0954 e. The third-order valence-corrected chi connectivity index (χ3v) is 3.23. The van der Waals surface area contributed by atoms with E-state index < -0.39 is 0 Å². The highest BCUT2D eigenvalue weighted by Gasteiger charge is 2.19. The molecule has 1 aromatic carbocycles. The molecule has 120 valence electrons. The van der Waals surface area contributed by atoms with Gasteiger partial charge in [-0.15, -0.1) is 0 Å². The largest absolute Gasteiger partial charge is 0.379 e. The van der Waals surface area contributed by atoms with Crippen molar-refractivity contribution < 1.29 is 9.47 Å². The van der Waals surface area contributed by atoms with Crippen LogP contribution < -0.4 is 5.32 Å². The molecule has 1 aromatic rings. The molecule has 0 fully saturated rings. The smallest absolute Gasteiger partial charge is 0.0954 e. The fraction of sp³-hybridized carbons (Fsp3) is 0.647. The third-order valence-electron chi connectivity index (χ3n) is 2.99. The third kappa shape index (κ3) is 7.82. The van der Waals surface area contributed by atoms with Crippen molar-refractivity contribution in [3.05, 3.63) is 34.9 Å². The van der Waals surface area contributed by atoms with Gasteiger partial charge in [-0.1, -0.05) is 23.7 Å². The number of benzene rings is 1. The first-order chi connectivity index (χ1) is 9.81.